The van der Waals surface area contributed by atoms with Crippen LogP contribution in [0.2, 0.25) is 0 Å². The Morgan fingerprint density at radius 2 is 2.28 bits per heavy atom. The van der Waals surface area contributed by atoms with Gasteiger partial charge in [-0.15, -0.1) is 5.10 Å². The highest BCUT2D eigenvalue weighted by Gasteiger charge is 2.17. The van der Waals surface area contributed by atoms with Crippen molar-refractivity contribution in [2.45, 2.75) is 19.5 Å². The first-order valence-corrected chi connectivity index (χ1v) is 5.48. The molecular weight excluding hydrogens is 234 g/mol. The van der Waals surface area contributed by atoms with E-state index >= 15 is 0 Å². The Morgan fingerprint density at radius 1 is 1.44 bits per heavy atom. The van der Waals surface area contributed by atoms with Crippen LogP contribution in [0.1, 0.15) is 21.9 Å². The molecule has 0 aliphatic heterocycles. The van der Waals surface area contributed by atoms with E-state index in [0.717, 1.165) is 5.69 Å². The molecule has 2 heterocycles. The third-order valence-electron chi connectivity index (χ3n) is 2.54. The van der Waals surface area contributed by atoms with Gasteiger partial charge in [-0.1, -0.05) is 11.3 Å². The Balaban J connectivity index is 2.12. The van der Waals surface area contributed by atoms with E-state index in [4.69, 9.17) is 10.8 Å². The molecule has 0 spiro atoms. The molecule has 7 heteroatoms. The summed E-state index contributed by atoms with van der Waals surface area (Å²) in [4.78, 5) is 15.1. The van der Waals surface area contributed by atoms with E-state index in [0.29, 0.717) is 18.7 Å². The van der Waals surface area contributed by atoms with Gasteiger partial charge >= 0.3 is 5.97 Å². The summed E-state index contributed by atoms with van der Waals surface area (Å²) in [5.41, 5.74) is 6.78. The van der Waals surface area contributed by atoms with Crippen LogP contribution < -0.4 is 5.73 Å². The van der Waals surface area contributed by atoms with Gasteiger partial charge in [0.15, 0.2) is 5.69 Å². The molecule has 0 amide bonds. The van der Waals surface area contributed by atoms with Gasteiger partial charge in [-0.25, -0.2) is 9.48 Å². The van der Waals surface area contributed by atoms with Crippen LogP contribution in [-0.4, -0.2) is 31.1 Å². The molecule has 2 aromatic heterocycles. The monoisotopic (exact) mass is 247 g/mol. The number of rotatable bonds is 5. The first-order valence-electron chi connectivity index (χ1n) is 5.48. The third-order valence-corrected chi connectivity index (χ3v) is 2.54. The Morgan fingerprint density at radius 3 is 2.89 bits per heavy atom. The summed E-state index contributed by atoms with van der Waals surface area (Å²) in [6, 6.07) is 5.64. The SMILES string of the molecule is NCc1c(C(=O)O)nnn1CCc1ccccn1. The minimum atomic E-state index is -1.11. The first-order chi connectivity index (χ1) is 8.72. The van der Waals surface area contributed by atoms with E-state index in [1.807, 2.05) is 18.2 Å². The van der Waals surface area contributed by atoms with Gasteiger partial charge in [-0.05, 0) is 12.1 Å². The van der Waals surface area contributed by atoms with Crippen LogP contribution in [0, 0.1) is 0 Å². The maximum atomic E-state index is 10.9. The number of nitrogens with two attached hydrogens (primary N) is 1. The number of aromatic nitrogens is 4. The molecule has 0 atom stereocenters. The lowest BCUT2D eigenvalue weighted by Gasteiger charge is -2.04. The summed E-state index contributed by atoms with van der Waals surface area (Å²) in [5.74, 6) is -1.11. The van der Waals surface area contributed by atoms with E-state index in [1.54, 1.807) is 6.20 Å². The smallest absolute Gasteiger partial charge is 0.358 e. The number of aryl methyl sites for hydroxylation is 2. The zero-order valence-corrected chi connectivity index (χ0v) is 9.65. The minimum Gasteiger partial charge on any atom is -0.476 e. The number of carboxylic acids is 1. The van der Waals surface area contributed by atoms with Gasteiger partial charge in [0.1, 0.15) is 0 Å². The lowest BCUT2D eigenvalue weighted by Crippen LogP contribution is -2.13. The highest BCUT2D eigenvalue weighted by Crippen LogP contribution is 2.06. The van der Waals surface area contributed by atoms with Crippen molar-refractivity contribution in [3.8, 4) is 0 Å². The molecule has 0 aliphatic rings. The fraction of sp³-hybridized carbons (Fsp3) is 0.273. The second-order valence-electron chi connectivity index (χ2n) is 3.69. The average molecular weight is 247 g/mol. The van der Waals surface area contributed by atoms with E-state index < -0.39 is 5.97 Å². The molecule has 7 nitrogen and oxygen atoms in total. The van der Waals surface area contributed by atoms with Crippen LogP contribution in [0.3, 0.4) is 0 Å². The Labute approximate surface area is 103 Å². The van der Waals surface area contributed by atoms with Crippen molar-refractivity contribution in [2.75, 3.05) is 0 Å². The van der Waals surface area contributed by atoms with E-state index in [9.17, 15) is 4.79 Å². The molecule has 0 saturated carbocycles. The topological polar surface area (TPSA) is 107 Å². The van der Waals surface area contributed by atoms with Crippen molar-refractivity contribution in [3.05, 3.63) is 41.5 Å². The predicted octanol–water partition coefficient (Wildman–Crippen LogP) is 0.0727. The fourth-order valence-electron chi connectivity index (χ4n) is 1.65. The highest BCUT2D eigenvalue weighted by molar-refractivity contribution is 5.86. The van der Waals surface area contributed by atoms with Crippen LogP contribution in [0.5, 0.6) is 0 Å². The molecule has 18 heavy (non-hydrogen) atoms. The number of nitrogens with zero attached hydrogens (tertiary/aromatic N) is 4. The molecule has 0 saturated heterocycles. The van der Waals surface area contributed by atoms with Crippen LogP contribution in [0.15, 0.2) is 24.4 Å². The first kappa shape index (κ1) is 12.2. The van der Waals surface area contributed by atoms with Crippen LogP contribution >= 0.6 is 0 Å². The molecule has 0 unspecified atom stereocenters. The predicted molar refractivity (Wildman–Crippen MR) is 62.8 cm³/mol. The largest absolute Gasteiger partial charge is 0.476 e. The van der Waals surface area contributed by atoms with Crippen molar-refractivity contribution < 1.29 is 9.90 Å². The zero-order chi connectivity index (χ0) is 13.0. The summed E-state index contributed by atoms with van der Waals surface area (Å²) in [5, 5.41) is 16.3. The van der Waals surface area contributed by atoms with Gasteiger partial charge in [-0.3, -0.25) is 4.98 Å². The molecule has 94 valence electrons. The minimum absolute atomic E-state index is 0.0847. The summed E-state index contributed by atoms with van der Waals surface area (Å²) in [7, 11) is 0. The average Bonchev–Trinajstić information content (AvgIpc) is 2.80. The molecule has 0 aromatic carbocycles. The van der Waals surface area contributed by atoms with Crippen molar-refractivity contribution in [1.82, 2.24) is 20.0 Å². The lowest BCUT2D eigenvalue weighted by molar-refractivity contribution is 0.0689. The molecule has 0 radical (unpaired) electrons. The molecule has 2 aromatic rings. The zero-order valence-electron chi connectivity index (χ0n) is 9.65. The standard InChI is InChI=1S/C11H13N5O2/c12-7-9-10(11(17)18)14-15-16(9)6-4-8-3-1-2-5-13-8/h1-3,5H,4,6-7,12H2,(H,17,18). The summed E-state index contributed by atoms with van der Waals surface area (Å²) >= 11 is 0. The summed E-state index contributed by atoms with van der Waals surface area (Å²) < 4.78 is 1.51. The van der Waals surface area contributed by atoms with Crippen molar-refractivity contribution in [2.24, 2.45) is 5.73 Å². The molecule has 2 rings (SSSR count). The summed E-state index contributed by atoms with van der Waals surface area (Å²) in [6.45, 7) is 0.598. The Bertz CT molecular complexity index is 538. The quantitative estimate of drug-likeness (QED) is 0.774. The van der Waals surface area contributed by atoms with E-state index in [-0.39, 0.29) is 12.2 Å². The van der Waals surface area contributed by atoms with E-state index in [2.05, 4.69) is 15.3 Å². The van der Waals surface area contributed by atoms with Gasteiger partial charge < -0.3 is 10.8 Å². The number of carboxylic acid groups (broad SMARTS) is 1. The Hall–Kier alpha value is -2.28. The molecular formula is C11H13N5O2. The van der Waals surface area contributed by atoms with Crippen LogP contribution in [0.25, 0.3) is 0 Å². The number of aromatic carboxylic acids is 1. The maximum Gasteiger partial charge on any atom is 0.358 e. The van der Waals surface area contributed by atoms with Gasteiger partial charge in [0.25, 0.3) is 0 Å². The molecule has 0 fully saturated rings. The molecule has 0 aliphatic carbocycles. The second kappa shape index (κ2) is 5.37. The van der Waals surface area contributed by atoms with Gasteiger partial charge in [0.2, 0.25) is 0 Å². The highest BCUT2D eigenvalue weighted by atomic mass is 16.4. The van der Waals surface area contributed by atoms with Gasteiger partial charge in [0.05, 0.1) is 5.69 Å². The number of hydrogen-bond donors (Lipinski definition) is 2. The molecule has 0 bridgehead atoms. The third kappa shape index (κ3) is 2.51. The fourth-order valence-corrected chi connectivity index (χ4v) is 1.65. The van der Waals surface area contributed by atoms with Crippen molar-refractivity contribution >= 4 is 5.97 Å². The molecule has 3 N–H and O–H groups in total. The van der Waals surface area contributed by atoms with Gasteiger partial charge in [0, 0.05) is 31.4 Å². The maximum absolute atomic E-state index is 10.9. The summed E-state index contributed by atoms with van der Waals surface area (Å²) in [6.07, 6.45) is 2.36. The normalized spacial score (nSPS) is 10.5. The lowest BCUT2D eigenvalue weighted by atomic mass is 10.2. The number of hydrogen-bond acceptors (Lipinski definition) is 5. The second-order valence-corrected chi connectivity index (χ2v) is 3.69. The van der Waals surface area contributed by atoms with Crippen molar-refractivity contribution in [3.63, 3.8) is 0 Å². The van der Waals surface area contributed by atoms with E-state index in [1.165, 1.54) is 4.68 Å². The Kier molecular flexibility index (Phi) is 3.63. The number of carbonyl (C=O) groups is 1. The van der Waals surface area contributed by atoms with Crippen molar-refractivity contribution in [1.29, 1.82) is 0 Å². The van der Waals surface area contributed by atoms with Crippen LogP contribution in [0.4, 0.5) is 0 Å². The van der Waals surface area contributed by atoms with Gasteiger partial charge in [-0.2, -0.15) is 0 Å². The number of pyridine rings is 1. The van der Waals surface area contributed by atoms with Crippen LogP contribution in [-0.2, 0) is 19.5 Å².